The molecule has 0 fully saturated rings. The number of carbonyl (C=O) groups excluding carboxylic acids is 1. The summed E-state index contributed by atoms with van der Waals surface area (Å²) in [6, 6.07) is 11.7. The summed E-state index contributed by atoms with van der Waals surface area (Å²) in [5, 5.41) is 10.7. The van der Waals surface area contributed by atoms with E-state index in [9.17, 15) is 9.90 Å². The maximum atomic E-state index is 12.0. The molecule has 19 heavy (non-hydrogen) atoms. The van der Waals surface area contributed by atoms with Crippen molar-refractivity contribution in [1.82, 2.24) is 0 Å². The number of para-hydroxylation sites is 1. The normalized spacial score (nSPS) is 10.4. The number of phenols is 1. The summed E-state index contributed by atoms with van der Waals surface area (Å²) in [4.78, 5) is 12.0. The molecule has 2 aromatic carbocycles. The Morgan fingerprint density at radius 3 is 2.53 bits per heavy atom. The standard InChI is InChI=1S/C15H12Cl2O2/c16-11-7-5-10(13(17)9-11)6-8-15(19)12-3-1-2-4-14(12)18/h1-5,7,9,18H,6,8H2. The first kappa shape index (κ1) is 13.9. The SMILES string of the molecule is O=C(CCc1ccc(Cl)cc1Cl)c1ccccc1O. The molecule has 2 rings (SSSR count). The maximum absolute atomic E-state index is 12.0. The summed E-state index contributed by atoms with van der Waals surface area (Å²) in [6.45, 7) is 0. The summed E-state index contributed by atoms with van der Waals surface area (Å²) in [5.74, 6) is -0.0983. The number of aryl methyl sites for hydroxylation is 1. The van der Waals surface area contributed by atoms with E-state index in [2.05, 4.69) is 0 Å². The lowest BCUT2D eigenvalue weighted by atomic mass is 10.0. The minimum atomic E-state index is -0.107. The van der Waals surface area contributed by atoms with E-state index in [0.29, 0.717) is 28.5 Å². The summed E-state index contributed by atoms with van der Waals surface area (Å²) in [7, 11) is 0. The van der Waals surface area contributed by atoms with Crippen molar-refractivity contribution in [3.05, 3.63) is 63.6 Å². The molecule has 0 aliphatic heterocycles. The van der Waals surface area contributed by atoms with E-state index in [0.717, 1.165) is 5.56 Å². The van der Waals surface area contributed by atoms with E-state index in [1.807, 2.05) is 6.07 Å². The van der Waals surface area contributed by atoms with Crippen molar-refractivity contribution in [3.63, 3.8) is 0 Å². The third kappa shape index (κ3) is 3.49. The van der Waals surface area contributed by atoms with Gasteiger partial charge in [0.1, 0.15) is 5.75 Å². The molecule has 0 bridgehead atoms. The van der Waals surface area contributed by atoms with Crippen LogP contribution in [0.2, 0.25) is 10.0 Å². The van der Waals surface area contributed by atoms with Gasteiger partial charge in [0.2, 0.25) is 0 Å². The van der Waals surface area contributed by atoms with Gasteiger partial charge in [0.05, 0.1) is 5.56 Å². The van der Waals surface area contributed by atoms with Crippen molar-refractivity contribution in [2.45, 2.75) is 12.8 Å². The highest BCUT2D eigenvalue weighted by atomic mass is 35.5. The number of aromatic hydroxyl groups is 1. The van der Waals surface area contributed by atoms with Crippen LogP contribution in [0.25, 0.3) is 0 Å². The van der Waals surface area contributed by atoms with Crippen LogP contribution in [0, 0.1) is 0 Å². The van der Waals surface area contributed by atoms with Crippen LogP contribution in [-0.2, 0) is 6.42 Å². The van der Waals surface area contributed by atoms with Crippen LogP contribution in [-0.4, -0.2) is 10.9 Å². The Bertz CT molecular complexity index is 609. The number of hydrogen-bond acceptors (Lipinski definition) is 2. The Morgan fingerprint density at radius 2 is 1.84 bits per heavy atom. The first-order valence-corrected chi connectivity index (χ1v) is 6.58. The van der Waals surface area contributed by atoms with Gasteiger partial charge in [-0.1, -0.05) is 41.4 Å². The molecule has 2 aromatic rings. The van der Waals surface area contributed by atoms with Gasteiger partial charge in [-0.2, -0.15) is 0 Å². The van der Waals surface area contributed by atoms with Gasteiger partial charge in [0.15, 0.2) is 5.78 Å². The third-order valence-corrected chi connectivity index (χ3v) is 3.43. The number of phenolic OH excluding ortho intramolecular Hbond substituents is 1. The van der Waals surface area contributed by atoms with Crippen molar-refractivity contribution < 1.29 is 9.90 Å². The van der Waals surface area contributed by atoms with Crippen LogP contribution >= 0.6 is 23.2 Å². The quantitative estimate of drug-likeness (QED) is 0.842. The number of benzene rings is 2. The lowest BCUT2D eigenvalue weighted by molar-refractivity contribution is 0.0980. The van der Waals surface area contributed by atoms with Crippen LogP contribution in [0.3, 0.4) is 0 Å². The first-order chi connectivity index (χ1) is 9.08. The fourth-order valence-corrected chi connectivity index (χ4v) is 2.32. The Kier molecular flexibility index (Phi) is 4.46. The lowest BCUT2D eigenvalue weighted by Gasteiger charge is -2.05. The van der Waals surface area contributed by atoms with Crippen LogP contribution in [0.15, 0.2) is 42.5 Å². The Hall–Kier alpha value is -1.51. The van der Waals surface area contributed by atoms with E-state index in [-0.39, 0.29) is 11.5 Å². The minimum Gasteiger partial charge on any atom is -0.507 e. The number of hydrogen-bond donors (Lipinski definition) is 1. The molecule has 98 valence electrons. The molecule has 0 spiro atoms. The largest absolute Gasteiger partial charge is 0.507 e. The number of Topliss-reactive ketones (excluding diaryl/α,β-unsaturated/α-hetero) is 1. The molecule has 0 heterocycles. The zero-order valence-corrected chi connectivity index (χ0v) is 11.6. The molecule has 0 aliphatic carbocycles. The van der Waals surface area contributed by atoms with E-state index >= 15 is 0 Å². The average molecular weight is 295 g/mol. The van der Waals surface area contributed by atoms with E-state index < -0.39 is 0 Å². The predicted octanol–water partition coefficient (Wildman–Crippen LogP) is 4.51. The topological polar surface area (TPSA) is 37.3 Å². The fourth-order valence-electron chi connectivity index (χ4n) is 1.82. The summed E-state index contributed by atoms with van der Waals surface area (Å²) in [6.07, 6.45) is 0.808. The van der Waals surface area contributed by atoms with Gasteiger partial charge in [-0.15, -0.1) is 0 Å². The smallest absolute Gasteiger partial charge is 0.166 e. The lowest BCUT2D eigenvalue weighted by Crippen LogP contribution is -2.01. The van der Waals surface area contributed by atoms with Crippen molar-refractivity contribution in [2.75, 3.05) is 0 Å². The predicted molar refractivity (Wildman–Crippen MR) is 77.2 cm³/mol. The number of rotatable bonds is 4. The molecule has 4 heteroatoms. The van der Waals surface area contributed by atoms with Crippen molar-refractivity contribution >= 4 is 29.0 Å². The molecular formula is C15H12Cl2O2. The van der Waals surface area contributed by atoms with Crippen LogP contribution in [0.1, 0.15) is 22.3 Å². The Labute approximate surface area is 121 Å². The summed E-state index contributed by atoms with van der Waals surface area (Å²) in [5.41, 5.74) is 1.21. The van der Waals surface area contributed by atoms with Gasteiger partial charge in [-0.25, -0.2) is 0 Å². The first-order valence-electron chi connectivity index (χ1n) is 5.83. The van der Waals surface area contributed by atoms with Gasteiger partial charge in [0, 0.05) is 16.5 Å². The highest BCUT2D eigenvalue weighted by Crippen LogP contribution is 2.24. The van der Waals surface area contributed by atoms with E-state index in [4.69, 9.17) is 23.2 Å². The number of ketones is 1. The van der Waals surface area contributed by atoms with Gasteiger partial charge >= 0.3 is 0 Å². The highest BCUT2D eigenvalue weighted by Gasteiger charge is 2.11. The molecule has 0 aliphatic rings. The van der Waals surface area contributed by atoms with E-state index in [1.165, 1.54) is 6.07 Å². The van der Waals surface area contributed by atoms with Crippen LogP contribution < -0.4 is 0 Å². The number of carbonyl (C=O) groups is 1. The second kappa shape index (κ2) is 6.09. The van der Waals surface area contributed by atoms with Gasteiger partial charge in [-0.3, -0.25) is 4.79 Å². The van der Waals surface area contributed by atoms with Gasteiger partial charge < -0.3 is 5.11 Å². The molecule has 0 saturated heterocycles. The van der Waals surface area contributed by atoms with Crippen LogP contribution in [0.5, 0.6) is 5.75 Å². The van der Waals surface area contributed by atoms with Crippen molar-refractivity contribution in [3.8, 4) is 5.75 Å². The molecule has 0 amide bonds. The minimum absolute atomic E-state index is 0.00898. The van der Waals surface area contributed by atoms with Gasteiger partial charge in [0.25, 0.3) is 0 Å². The fraction of sp³-hybridized carbons (Fsp3) is 0.133. The van der Waals surface area contributed by atoms with Gasteiger partial charge in [-0.05, 0) is 36.2 Å². The number of halogens is 2. The molecule has 0 atom stereocenters. The average Bonchev–Trinajstić information content (AvgIpc) is 2.38. The molecule has 1 N–H and O–H groups in total. The molecular weight excluding hydrogens is 283 g/mol. The van der Waals surface area contributed by atoms with Crippen molar-refractivity contribution in [1.29, 1.82) is 0 Å². The molecule has 0 unspecified atom stereocenters. The second-order valence-corrected chi connectivity index (χ2v) is 5.02. The second-order valence-electron chi connectivity index (χ2n) is 4.18. The summed E-state index contributed by atoms with van der Waals surface area (Å²) < 4.78 is 0. The Morgan fingerprint density at radius 1 is 1.11 bits per heavy atom. The highest BCUT2D eigenvalue weighted by molar-refractivity contribution is 6.35. The maximum Gasteiger partial charge on any atom is 0.166 e. The Balaban J connectivity index is 2.07. The van der Waals surface area contributed by atoms with Crippen LogP contribution in [0.4, 0.5) is 0 Å². The molecule has 0 radical (unpaired) electrons. The van der Waals surface area contributed by atoms with Crippen molar-refractivity contribution in [2.24, 2.45) is 0 Å². The molecule has 0 aromatic heterocycles. The third-order valence-electron chi connectivity index (χ3n) is 2.84. The zero-order chi connectivity index (χ0) is 13.8. The molecule has 2 nitrogen and oxygen atoms in total. The zero-order valence-electron chi connectivity index (χ0n) is 10.1. The monoisotopic (exact) mass is 294 g/mol. The van der Waals surface area contributed by atoms with E-state index in [1.54, 1.807) is 30.3 Å². The molecule has 0 saturated carbocycles. The summed E-state index contributed by atoms with van der Waals surface area (Å²) >= 11 is 11.9.